The molecule has 1 atom stereocenters. The third-order valence-corrected chi connectivity index (χ3v) is 3.88. The Morgan fingerprint density at radius 2 is 2.00 bits per heavy atom. The van der Waals surface area contributed by atoms with Crippen molar-refractivity contribution in [2.75, 3.05) is 33.3 Å². The topological polar surface area (TPSA) is 41.6 Å². The molecule has 18 heavy (non-hydrogen) atoms. The van der Waals surface area contributed by atoms with Crippen molar-refractivity contribution in [2.45, 2.75) is 51.5 Å². The number of ether oxygens (including phenoxy) is 1. The van der Waals surface area contributed by atoms with E-state index in [2.05, 4.69) is 10.2 Å². The van der Waals surface area contributed by atoms with E-state index in [0.29, 0.717) is 6.61 Å². The second-order valence-electron chi connectivity index (χ2n) is 5.31. The third-order valence-electron chi connectivity index (χ3n) is 3.88. The molecule has 1 aliphatic rings. The minimum atomic E-state index is -0.527. The van der Waals surface area contributed by atoms with E-state index in [1.54, 1.807) is 0 Å². The maximum atomic E-state index is 11.9. The van der Waals surface area contributed by atoms with Crippen LogP contribution in [0.1, 0.15) is 46.0 Å². The number of hydrogen-bond donors (Lipinski definition) is 1. The number of nitrogens with one attached hydrogen (secondary N) is 1. The van der Waals surface area contributed by atoms with E-state index in [1.165, 1.54) is 32.5 Å². The first kappa shape index (κ1) is 15.4. The summed E-state index contributed by atoms with van der Waals surface area (Å²) in [5.74, 6) is -0.131. The lowest BCUT2D eigenvalue weighted by molar-refractivity contribution is -0.150. The Kier molecular flexibility index (Phi) is 6.65. The van der Waals surface area contributed by atoms with E-state index in [-0.39, 0.29) is 5.97 Å². The van der Waals surface area contributed by atoms with Gasteiger partial charge in [-0.2, -0.15) is 0 Å². The third kappa shape index (κ3) is 4.58. The molecule has 1 saturated heterocycles. The smallest absolute Gasteiger partial charge is 0.326 e. The number of nitrogens with zero attached hydrogens (tertiary/aromatic N) is 1. The SMILES string of the molecule is CCOC(=O)C(C)(CCCCN1CCCC1)NC. The van der Waals surface area contributed by atoms with Crippen LogP contribution in [0.15, 0.2) is 0 Å². The number of likely N-dealkylation sites (N-methyl/N-ethyl adjacent to an activating group) is 1. The Morgan fingerprint density at radius 3 is 2.56 bits per heavy atom. The van der Waals surface area contributed by atoms with Crippen LogP contribution >= 0.6 is 0 Å². The van der Waals surface area contributed by atoms with Crippen molar-refractivity contribution in [3.8, 4) is 0 Å². The van der Waals surface area contributed by atoms with Gasteiger partial charge in [-0.1, -0.05) is 0 Å². The van der Waals surface area contributed by atoms with Crippen LogP contribution in [-0.4, -0.2) is 49.7 Å². The van der Waals surface area contributed by atoms with Crippen molar-refractivity contribution in [2.24, 2.45) is 0 Å². The fourth-order valence-electron chi connectivity index (χ4n) is 2.44. The second-order valence-corrected chi connectivity index (χ2v) is 5.31. The molecule has 0 amide bonds. The molecule has 106 valence electrons. The van der Waals surface area contributed by atoms with E-state index in [4.69, 9.17) is 4.74 Å². The van der Waals surface area contributed by atoms with Crippen molar-refractivity contribution in [3.05, 3.63) is 0 Å². The normalized spacial score (nSPS) is 19.7. The first-order chi connectivity index (χ1) is 8.62. The van der Waals surface area contributed by atoms with Gasteiger partial charge in [-0.25, -0.2) is 0 Å². The minimum Gasteiger partial charge on any atom is -0.465 e. The van der Waals surface area contributed by atoms with Gasteiger partial charge < -0.3 is 15.0 Å². The van der Waals surface area contributed by atoms with Crippen molar-refractivity contribution >= 4 is 5.97 Å². The molecule has 0 aromatic carbocycles. The highest BCUT2D eigenvalue weighted by molar-refractivity contribution is 5.80. The van der Waals surface area contributed by atoms with E-state index >= 15 is 0 Å². The molecule has 0 aromatic heterocycles. The zero-order chi connectivity index (χ0) is 13.4. The van der Waals surface area contributed by atoms with Gasteiger partial charge >= 0.3 is 5.97 Å². The fraction of sp³-hybridized carbons (Fsp3) is 0.929. The highest BCUT2D eigenvalue weighted by atomic mass is 16.5. The van der Waals surface area contributed by atoms with Gasteiger partial charge in [0.1, 0.15) is 5.54 Å². The highest BCUT2D eigenvalue weighted by Gasteiger charge is 2.32. The van der Waals surface area contributed by atoms with Gasteiger partial charge in [-0.15, -0.1) is 0 Å². The molecule has 0 spiro atoms. The Balaban J connectivity index is 2.23. The molecule has 0 saturated carbocycles. The van der Waals surface area contributed by atoms with Crippen molar-refractivity contribution in [1.82, 2.24) is 10.2 Å². The second kappa shape index (κ2) is 7.74. The van der Waals surface area contributed by atoms with Gasteiger partial charge in [0.2, 0.25) is 0 Å². The van der Waals surface area contributed by atoms with Crippen LogP contribution in [0, 0.1) is 0 Å². The molecular weight excluding hydrogens is 228 g/mol. The zero-order valence-electron chi connectivity index (χ0n) is 12.1. The number of hydrogen-bond acceptors (Lipinski definition) is 4. The summed E-state index contributed by atoms with van der Waals surface area (Å²) < 4.78 is 5.12. The fourth-order valence-corrected chi connectivity index (χ4v) is 2.44. The summed E-state index contributed by atoms with van der Waals surface area (Å²) in [7, 11) is 1.83. The Hall–Kier alpha value is -0.610. The van der Waals surface area contributed by atoms with Gasteiger partial charge in [0, 0.05) is 0 Å². The Morgan fingerprint density at radius 1 is 1.33 bits per heavy atom. The molecule has 0 aromatic rings. The van der Waals surface area contributed by atoms with Crippen LogP contribution < -0.4 is 5.32 Å². The predicted molar refractivity (Wildman–Crippen MR) is 73.6 cm³/mol. The monoisotopic (exact) mass is 256 g/mol. The van der Waals surface area contributed by atoms with Crippen molar-refractivity contribution in [1.29, 1.82) is 0 Å². The summed E-state index contributed by atoms with van der Waals surface area (Å²) in [6.07, 6.45) is 5.76. The molecule has 1 heterocycles. The van der Waals surface area contributed by atoms with Crippen LogP contribution in [-0.2, 0) is 9.53 Å². The number of likely N-dealkylation sites (tertiary alicyclic amines) is 1. The molecule has 1 unspecified atom stereocenters. The Labute approximate surface area is 111 Å². The highest BCUT2D eigenvalue weighted by Crippen LogP contribution is 2.16. The largest absolute Gasteiger partial charge is 0.465 e. The van der Waals surface area contributed by atoms with Crippen LogP contribution in [0.3, 0.4) is 0 Å². The van der Waals surface area contributed by atoms with Gasteiger partial charge in [0.05, 0.1) is 6.61 Å². The van der Waals surface area contributed by atoms with Crippen molar-refractivity contribution < 1.29 is 9.53 Å². The maximum absolute atomic E-state index is 11.9. The number of rotatable bonds is 8. The van der Waals surface area contributed by atoms with E-state index in [9.17, 15) is 4.79 Å². The first-order valence-corrected chi connectivity index (χ1v) is 7.21. The summed E-state index contributed by atoms with van der Waals surface area (Å²) >= 11 is 0. The summed E-state index contributed by atoms with van der Waals surface area (Å²) in [5, 5.41) is 3.10. The lowest BCUT2D eigenvalue weighted by Crippen LogP contribution is -2.48. The molecule has 1 aliphatic heterocycles. The maximum Gasteiger partial charge on any atom is 0.326 e. The molecular formula is C14H28N2O2. The zero-order valence-corrected chi connectivity index (χ0v) is 12.1. The summed E-state index contributed by atoms with van der Waals surface area (Å²) in [6, 6.07) is 0. The van der Waals surface area contributed by atoms with Crippen LogP contribution in [0.25, 0.3) is 0 Å². The van der Waals surface area contributed by atoms with Crippen molar-refractivity contribution in [3.63, 3.8) is 0 Å². The predicted octanol–water partition coefficient (Wildman–Crippen LogP) is 1.79. The first-order valence-electron chi connectivity index (χ1n) is 7.21. The molecule has 1 fully saturated rings. The Bertz CT molecular complexity index is 252. The van der Waals surface area contributed by atoms with Gasteiger partial charge in [-0.05, 0) is 72.6 Å². The average molecular weight is 256 g/mol. The lowest BCUT2D eigenvalue weighted by Gasteiger charge is -2.27. The average Bonchev–Trinajstić information content (AvgIpc) is 2.87. The molecule has 0 aliphatic carbocycles. The van der Waals surface area contributed by atoms with Crippen LogP contribution in [0.4, 0.5) is 0 Å². The number of esters is 1. The summed E-state index contributed by atoms with van der Waals surface area (Å²) in [4.78, 5) is 14.4. The molecule has 4 nitrogen and oxygen atoms in total. The summed E-state index contributed by atoms with van der Waals surface area (Å²) in [5.41, 5.74) is -0.527. The van der Waals surface area contributed by atoms with Crippen LogP contribution in [0.5, 0.6) is 0 Å². The number of carbonyl (C=O) groups excluding carboxylic acids is 1. The van der Waals surface area contributed by atoms with E-state index in [1.807, 2.05) is 20.9 Å². The van der Waals surface area contributed by atoms with Crippen LogP contribution in [0.2, 0.25) is 0 Å². The van der Waals surface area contributed by atoms with Gasteiger partial charge in [0.25, 0.3) is 0 Å². The molecule has 1 N–H and O–H groups in total. The summed E-state index contributed by atoms with van der Waals surface area (Å²) in [6.45, 7) is 7.90. The van der Waals surface area contributed by atoms with Gasteiger partial charge in [-0.3, -0.25) is 4.79 Å². The van der Waals surface area contributed by atoms with E-state index < -0.39 is 5.54 Å². The molecule has 4 heteroatoms. The van der Waals surface area contributed by atoms with Gasteiger partial charge in [0.15, 0.2) is 0 Å². The minimum absolute atomic E-state index is 0.131. The number of unbranched alkanes of at least 4 members (excludes halogenated alkanes) is 1. The molecule has 0 radical (unpaired) electrons. The molecule has 1 rings (SSSR count). The molecule has 0 bridgehead atoms. The number of carbonyl (C=O) groups is 1. The lowest BCUT2D eigenvalue weighted by atomic mass is 9.95. The standard InChI is InChI=1S/C14H28N2O2/c1-4-18-13(17)14(2,15-3)9-5-6-10-16-11-7-8-12-16/h15H,4-12H2,1-3H3. The van der Waals surface area contributed by atoms with E-state index in [0.717, 1.165) is 19.3 Å². The quantitative estimate of drug-likeness (QED) is 0.531.